The van der Waals surface area contributed by atoms with E-state index in [1.54, 1.807) is 12.1 Å². The van der Waals surface area contributed by atoms with Crippen LogP contribution in [0.2, 0.25) is 0 Å². The van der Waals surface area contributed by atoms with Gasteiger partial charge in [-0.1, -0.05) is 18.2 Å². The molecule has 1 heterocycles. The minimum absolute atomic E-state index is 0.0957. The molecule has 3 rings (SSSR count). The first kappa shape index (κ1) is 14.3. The van der Waals surface area contributed by atoms with Crippen molar-refractivity contribution in [2.75, 3.05) is 4.90 Å². The summed E-state index contributed by atoms with van der Waals surface area (Å²) in [5.41, 5.74) is -1.91. The van der Waals surface area contributed by atoms with Crippen LogP contribution in [0.5, 0.6) is 0 Å². The number of hydrogen-bond donors (Lipinski definition) is 0. The van der Waals surface area contributed by atoms with Crippen LogP contribution in [-0.2, 0) is 0 Å². The fourth-order valence-corrected chi connectivity index (χ4v) is 2.44. The van der Waals surface area contributed by atoms with Crippen molar-refractivity contribution in [3.8, 4) is 0 Å². The Morgan fingerprint density at radius 2 is 1.35 bits per heavy atom. The van der Waals surface area contributed by atoms with E-state index in [1.807, 2.05) is 0 Å². The fourth-order valence-electron chi connectivity index (χ4n) is 2.44. The topological polar surface area (TPSA) is 124 Å². The minimum Gasteiger partial charge on any atom is -0.268 e. The number of imide groups is 1. The average molecular weight is 313 g/mol. The highest BCUT2D eigenvalue weighted by Crippen LogP contribution is 2.40. The molecule has 2 amide bonds. The van der Waals surface area contributed by atoms with Crippen molar-refractivity contribution in [1.29, 1.82) is 0 Å². The first-order chi connectivity index (χ1) is 10.9. The quantitative estimate of drug-likeness (QED) is 0.486. The first-order valence-electron chi connectivity index (χ1n) is 6.33. The number of amides is 2. The molecule has 0 fully saturated rings. The largest absolute Gasteiger partial charge is 0.369 e. The molecule has 0 atom stereocenters. The molecule has 0 unspecified atom stereocenters. The molecule has 0 saturated carbocycles. The highest BCUT2D eigenvalue weighted by Gasteiger charge is 2.42. The van der Waals surface area contributed by atoms with Gasteiger partial charge < -0.3 is 0 Å². The predicted molar refractivity (Wildman–Crippen MR) is 77.3 cm³/mol. The van der Waals surface area contributed by atoms with Crippen LogP contribution in [0.3, 0.4) is 0 Å². The van der Waals surface area contributed by atoms with Gasteiger partial charge in [-0.25, -0.2) is 4.90 Å². The van der Waals surface area contributed by atoms with Crippen LogP contribution in [0.15, 0.2) is 42.5 Å². The molecule has 2 aromatic carbocycles. The summed E-state index contributed by atoms with van der Waals surface area (Å²) in [4.78, 5) is 45.7. The van der Waals surface area contributed by atoms with Crippen LogP contribution in [0.1, 0.15) is 20.7 Å². The van der Waals surface area contributed by atoms with E-state index < -0.39 is 38.7 Å². The van der Waals surface area contributed by atoms with E-state index in [2.05, 4.69) is 0 Å². The Bertz CT molecular complexity index is 857. The van der Waals surface area contributed by atoms with Gasteiger partial charge in [-0.2, -0.15) is 0 Å². The number of carbonyl (C=O) groups excluding carboxylic acids is 2. The van der Waals surface area contributed by atoms with Crippen LogP contribution < -0.4 is 4.90 Å². The molecule has 9 heteroatoms. The van der Waals surface area contributed by atoms with Crippen LogP contribution in [-0.4, -0.2) is 21.7 Å². The molecule has 0 radical (unpaired) electrons. The second-order valence-corrected chi connectivity index (χ2v) is 4.65. The van der Waals surface area contributed by atoms with Gasteiger partial charge >= 0.3 is 11.4 Å². The zero-order valence-electron chi connectivity index (χ0n) is 11.3. The number of fused-ring (bicyclic) bond motifs is 1. The van der Waals surface area contributed by atoms with Crippen LogP contribution >= 0.6 is 0 Å². The maximum atomic E-state index is 12.4. The lowest BCUT2D eigenvalue weighted by Gasteiger charge is -2.13. The number of anilines is 1. The van der Waals surface area contributed by atoms with E-state index in [4.69, 9.17) is 0 Å². The molecular weight excluding hydrogens is 306 g/mol. The number of hydrogen-bond acceptors (Lipinski definition) is 6. The van der Waals surface area contributed by atoms with Gasteiger partial charge in [0.25, 0.3) is 11.8 Å². The standard InChI is InChI=1S/C14H7N3O6/c18-13-8-4-1-2-5-9(8)14(19)15(13)10-6-3-7-11(16(20)21)12(10)17(22)23/h1-7H. The molecule has 1 aliphatic heterocycles. The van der Waals surface area contributed by atoms with Gasteiger partial charge in [0.1, 0.15) is 5.69 Å². The first-order valence-corrected chi connectivity index (χ1v) is 6.33. The molecule has 0 aliphatic carbocycles. The molecule has 0 bridgehead atoms. The Labute approximate surface area is 128 Å². The lowest BCUT2D eigenvalue weighted by atomic mass is 10.1. The van der Waals surface area contributed by atoms with Crippen LogP contribution in [0.25, 0.3) is 0 Å². The molecule has 1 aliphatic rings. The highest BCUT2D eigenvalue weighted by molar-refractivity contribution is 6.35. The molecule has 9 nitrogen and oxygen atoms in total. The van der Waals surface area contributed by atoms with E-state index in [1.165, 1.54) is 18.2 Å². The maximum absolute atomic E-state index is 12.4. The van der Waals surface area contributed by atoms with Crippen molar-refractivity contribution in [1.82, 2.24) is 0 Å². The van der Waals surface area contributed by atoms with E-state index in [-0.39, 0.29) is 11.1 Å². The normalized spacial score (nSPS) is 13.1. The predicted octanol–water partition coefficient (Wildman–Crippen LogP) is 2.30. The zero-order valence-corrected chi connectivity index (χ0v) is 11.3. The SMILES string of the molecule is O=C1c2ccccc2C(=O)N1c1cccc([N+](=O)[O-])c1[N+](=O)[O-]. The molecule has 0 N–H and O–H groups in total. The van der Waals surface area contributed by atoms with Gasteiger partial charge in [0.2, 0.25) is 0 Å². The summed E-state index contributed by atoms with van der Waals surface area (Å²) in [6.07, 6.45) is 0. The van der Waals surface area contributed by atoms with E-state index >= 15 is 0 Å². The zero-order chi connectivity index (χ0) is 16.7. The molecule has 0 aromatic heterocycles. The third-order valence-electron chi connectivity index (χ3n) is 3.41. The lowest BCUT2D eigenvalue weighted by Crippen LogP contribution is -2.30. The average Bonchev–Trinajstić information content (AvgIpc) is 2.78. The van der Waals surface area contributed by atoms with Gasteiger partial charge in [-0.15, -0.1) is 0 Å². The number of para-hydroxylation sites is 1. The second-order valence-electron chi connectivity index (χ2n) is 4.65. The highest BCUT2D eigenvalue weighted by atomic mass is 16.6. The van der Waals surface area contributed by atoms with Gasteiger partial charge in [-0.3, -0.25) is 29.8 Å². The van der Waals surface area contributed by atoms with Crippen molar-refractivity contribution in [2.45, 2.75) is 0 Å². The molecule has 23 heavy (non-hydrogen) atoms. The summed E-state index contributed by atoms with van der Waals surface area (Å²) < 4.78 is 0. The Kier molecular flexibility index (Phi) is 3.10. The number of benzene rings is 2. The maximum Gasteiger partial charge on any atom is 0.369 e. The summed E-state index contributed by atoms with van der Waals surface area (Å²) in [6, 6.07) is 9.19. The molecule has 0 saturated heterocycles. The van der Waals surface area contributed by atoms with Crippen LogP contribution in [0.4, 0.5) is 17.1 Å². The molecular formula is C14H7N3O6. The summed E-state index contributed by atoms with van der Waals surface area (Å²) >= 11 is 0. The Hall–Kier alpha value is -3.62. The summed E-state index contributed by atoms with van der Waals surface area (Å²) in [6.45, 7) is 0. The lowest BCUT2D eigenvalue weighted by molar-refractivity contribution is -0.421. The second kappa shape index (κ2) is 4.98. The van der Waals surface area contributed by atoms with Crippen molar-refractivity contribution in [3.05, 3.63) is 73.8 Å². The van der Waals surface area contributed by atoms with Gasteiger partial charge in [0.15, 0.2) is 0 Å². The van der Waals surface area contributed by atoms with Crippen molar-refractivity contribution in [2.24, 2.45) is 0 Å². The summed E-state index contributed by atoms with van der Waals surface area (Å²) in [7, 11) is 0. The van der Waals surface area contributed by atoms with Gasteiger partial charge in [0, 0.05) is 6.07 Å². The third kappa shape index (κ3) is 2.02. The van der Waals surface area contributed by atoms with Gasteiger partial charge in [-0.05, 0) is 18.2 Å². The number of nitrogens with zero attached hydrogens (tertiary/aromatic N) is 3. The Morgan fingerprint density at radius 1 is 0.783 bits per heavy atom. The summed E-state index contributed by atoms with van der Waals surface area (Å²) in [5.74, 6) is -1.51. The number of nitro benzene ring substituents is 2. The monoisotopic (exact) mass is 313 g/mol. The molecule has 2 aromatic rings. The van der Waals surface area contributed by atoms with Crippen molar-refractivity contribution in [3.63, 3.8) is 0 Å². The van der Waals surface area contributed by atoms with Crippen molar-refractivity contribution >= 4 is 28.9 Å². The van der Waals surface area contributed by atoms with Crippen molar-refractivity contribution < 1.29 is 19.4 Å². The third-order valence-corrected chi connectivity index (χ3v) is 3.41. The number of rotatable bonds is 3. The number of carbonyl (C=O) groups is 2. The Balaban J connectivity index is 2.23. The summed E-state index contributed by atoms with van der Waals surface area (Å²) in [5, 5.41) is 22.2. The van der Waals surface area contributed by atoms with Crippen LogP contribution in [0, 0.1) is 20.2 Å². The van der Waals surface area contributed by atoms with Gasteiger partial charge in [0.05, 0.1) is 21.0 Å². The minimum atomic E-state index is -0.975. The van der Waals surface area contributed by atoms with E-state index in [9.17, 15) is 29.8 Å². The Morgan fingerprint density at radius 3 is 1.83 bits per heavy atom. The molecule has 0 spiro atoms. The van der Waals surface area contributed by atoms with E-state index in [0.29, 0.717) is 4.90 Å². The molecule has 114 valence electrons. The van der Waals surface area contributed by atoms with E-state index in [0.717, 1.165) is 12.1 Å². The fraction of sp³-hybridized carbons (Fsp3) is 0. The number of nitro groups is 2. The smallest absolute Gasteiger partial charge is 0.268 e.